The summed E-state index contributed by atoms with van der Waals surface area (Å²) in [6.07, 6.45) is 1.15. The maximum absolute atomic E-state index is 12.4. The SMILES string of the molecule is Cc1ccc(/C=N/NC2=NC3C(C(=O)NC(=O)N3C)N2CC(C)C)cc1. The van der Waals surface area contributed by atoms with Crippen LogP contribution in [0, 0.1) is 12.8 Å². The standard InChI is InChI=1S/C18H24N6O2/c1-11(2)10-24-14-15(23(4)18(26)21-16(14)25)20-17(24)22-19-9-13-7-5-12(3)6-8-13/h5-9,11,14-15H,10H2,1-4H3,(H,20,22)(H,21,25,26)/b19-9+. The summed E-state index contributed by atoms with van der Waals surface area (Å²) in [6, 6.07) is 6.99. The number of imide groups is 1. The summed E-state index contributed by atoms with van der Waals surface area (Å²) in [5, 5.41) is 6.63. The average Bonchev–Trinajstić information content (AvgIpc) is 2.93. The molecule has 1 aromatic rings. The highest BCUT2D eigenvalue weighted by Gasteiger charge is 2.48. The molecule has 0 bridgehead atoms. The van der Waals surface area contributed by atoms with Crippen LogP contribution in [0.2, 0.25) is 0 Å². The molecule has 1 saturated heterocycles. The number of nitrogens with zero attached hydrogens (tertiary/aromatic N) is 4. The topological polar surface area (TPSA) is 89.4 Å². The molecule has 1 aromatic carbocycles. The van der Waals surface area contributed by atoms with E-state index in [0.717, 1.165) is 5.56 Å². The van der Waals surface area contributed by atoms with Crippen LogP contribution in [0.4, 0.5) is 4.79 Å². The lowest BCUT2D eigenvalue weighted by Crippen LogP contribution is -2.64. The number of guanidine groups is 1. The lowest BCUT2D eigenvalue weighted by molar-refractivity contribution is -0.127. The Balaban J connectivity index is 1.79. The number of urea groups is 1. The number of carbonyl (C=O) groups is 2. The maximum Gasteiger partial charge on any atom is 0.325 e. The molecule has 2 heterocycles. The summed E-state index contributed by atoms with van der Waals surface area (Å²) in [6.45, 7) is 6.79. The molecule has 3 rings (SSSR count). The van der Waals surface area contributed by atoms with Gasteiger partial charge in [-0.3, -0.25) is 10.1 Å². The van der Waals surface area contributed by atoms with Gasteiger partial charge in [0.25, 0.3) is 5.91 Å². The molecule has 138 valence electrons. The van der Waals surface area contributed by atoms with Gasteiger partial charge in [-0.15, -0.1) is 0 Å². The number of hydrazone groups is 1. The molecule has 2 unspecified atom stereocenters. The number of aliphatic imine (C=N–C) groups is 1. The molecule has 26 heavy (non-hydrogen) atoms. The highest BCUT2D eigenvalue weighted by molar-refractivity contribution is 6.03. The third-order valence-corrected chi connectivity index (χ3v) is 4.38. The second-order valence-electron chi connectivity index (χ2n) is 7.04. The third-order valence-electron chi connectivity index (χ3n) is 4.38. The first-order valence-corrected chi connectivity index (χ1v) is 8.64. The first kappa shape index (κ1) is 17.9. The second kappa shape index (κ2) is 7.15. The predicted octanol–water partition coefficient (Wildman–Crippen LogP) is 1.12. The highest BCUT2D eigenvalue weighted by atomic mass is 16.2. The lowest BCUT2D eigenvalue weighted by Gasteiger charge is -2.36. The molecule has 3 amide bonds. The van der Waals surface area contributed by atoms with Crippen molar-refractivity contribution in [1.82, 2.24) is 20.5 Å². The number of benzene rings is 1. The number of hydrogen-bond acceptors (Lipinski definition) is 6. The second-order valence-corrected chi connectivity index (χ2v) is 7.04. The number of fused-ring (bicyclic) bond motifs is 1. The Morgan fingerprint density at radius 3 is 2.65 bits per heavy atom. The number of nitrogens with one attached hydrogen (secondary N) is 2. The Morgan fingerprint density at radius 2 is 2.00 bits per heavy atom. The molecule has 0 radical (unpaired) electrons. The van der Waals surface area contributed by atoms with Crippen molar-refractivity contribution in [2.24, 2.45) is 16.0 Å². The van der Waals surface area contributed by atoms with E-state index in [9.17, 15) is 9.59 Å². The monoisotopic (exact) mass is 356 g/mol. The largest absolute Gasteiger partial charge is 0.325 e. The Bertz CT molecular complexity index is 755. The number of hydrogen-bond donors (Lipinski definition) is 2. The van der Waals surface area contributed by atoms with Gasteiger partial charge in [-0.1, -0.05) is 43.7 Å². The van der Waals surface area contributed by atoms with Gasteiger partial charge in [0, 0.05) is 13.6 Å². The van der Waals surface area contributed by atoms with Crippen molar-refractivity contribution in [3.8, 4) is 0 Å². The van der Waals surface area contributed by atoms with Gasteiger partial charge in [-0.2, -0.15) is 5.10 Å². The zero-order valence-corrected chi connectivity index (χ0v) is 15.4. The molecule has 1 fully saturated rings. The normalized spacial score (nSPS) is 22.7. The van der Waals surface area contributed by atoms with Crippen LogP contribution >= 0.6 is 0 Å². The van der Waals surface area contributed by atoms with Gasteiger partial charge in [0.2, 0.25) is 5.96 Å². The molecule has 8 heteroatoms. The van der Waals surface area contributed by atoms with Crippen molar-refractivity contribution in [3.63, 3.8) is 0 Å². The Morgan fingerprint density at radius 1 is 1.31 bits per heavy atom. The van der Waals surface area contributed by atoms with Crippen LogP contribution in [-0.4, -0.2) is 59.7 Å². The minimum Gasteiger partial charge on any atom is -0.325 e. The zero-order valence-electron chi connectivity index (χ0n) is 15.4. The van der Waals surface area contributed by atoms with E-state index in [0.29, 0.717) is 18.4 Å². The van der Waals surface area contributed by atoms with E-state index >= 15 is 0 Å². The minimum absolute atomic E-state index is 0.317. The fraction of sp³-hybridized carbons (Fsp3) is 0.444. The number of carbonyl (C=O) groups excluding carboxylic acids is 2. The fourth-order valence-corrected chi connectivity index (χ4v) is 3.03. The minimum atomic E-state index is -0.549. The van der Waals surface area contributed by atoms with Crippen LogP contribution in [0.25, 0.3) is 0 Å². The number of rotatable bonds is 4. The first-order valence-electron chi connectivity index (χ1n) is 8.64. The van der Waals surface area contributed by atoms with E-state index in [1.165, 1.54) is 10.5 Å². The molecule has 0 saturated carbocycles. The van der Waals surface area contributed by atoms with Gasteiger partial charge < -0.3 is 9.80 Å². The Kier molecular flexibility index (Phi) is 4.92. The van der Waals surface area contributed by atoms with E-state index in [-0.39, 0.29) is 5.91 Å². The summed E-state index contributed by atoms with van der Waals surface area (Å²) in [7, 11) is 1.63. The van der Waals surface area contributed by atoms with E-state index in [1.54, 1.807) is 13.3 Å². The lowest BCUT2D eigenvalue weighted by atomic mass is 10.1. The van der Waals surface area contributed by atoms with E-state index in [2.05, 4.69) is 34.7 Å². The van der Waals surface area contributed by atoms with Crippen molar-refractivity contribution < 1.29 is 9.59 Å². The maximum atomic E-state index is 12.4. The quantitative estimate of drug-likeness (QED) is 0.625. The molecule has 0 spiro atoms. The summed E-state index contributed by atoms with van der Waals surface area (Å²) < 4.78 is 0. The van der Waals surface area contributed by atoms with Gasteiger partial charge in [0.05, 0.1) is 6.21 Å². The van der Waals surface area contributed by atoms with Crippen molar-refractivity contribution in [1.29, 1.82) is 0 Å². The Labute approximate surface area is 153 Å². The predicted molar refractivity (Wildman–Crippen MR) is 99.8 cm³/mol. The number of likely N-dealkylation sites (N-methyl/N-ethyl adjacent to an activating group) is 1. The van der Waals surface area contributed by atoms with Gasteiger partial charge >= 0.3 is 6.03 Å². The Hall–Kier alpha value is -2.90. The van der Waals surface area contributed by atoms with Crippen LogP contribution in [0.3, 0.4) is 0 Å². The molecule has 2 N–H and O–H groups in total. The molecular weight excluding hydrogens is 332 g/mol. The molecule has 8 nitrogen and oxygen atoms in total. The molecule has 0 aromatic heterocycles. The van der Waals surface area contributed by atoms with Crippen molar-refractivity contribution >= 4 is 24.1 Å². The molecule has 2 aliphatic heterocycles. The first-order chi connectivity index (χ1) is 12.4. The van der Waals surface area contributed by atoms with Gasteiger partial charge in [0.1, 0.15) is 0 Å². The summed E-state index contributed by atoms with van der Waals surface area (Å²) in [5.74, 6) is 0.480. The van der Waals surface area contributed by atoms with Crippen LogP contribution in [0.15, 0.2) is 34.4 Å². The number of amides is 3. The highest BCUT2D eigenvalue weighted by Crippen LogP contribution is 2.24. The van der Waals surface area contributed by atoms with E-state index in [1.807, 2.05) is 36.1 Å². The fourth-order valence-electron chi connectivity index (χ4n) is 3.03. The van der Waals surface area contributed by atoms with Crippen LogP contribution in [0.1, 0.15) is 25.0 Å². The number of aryl methyl sites for hydroxylation is 1. The van der Waals surface area contributed by atoms with Gasteiger partial charge in [-0.25, -0.2) is 15.2 Å². The van der Waals surface area contributed by atoms with Crippen molar-refractivity contribution in [3.05, 3.63) is 35.4 Å². The third kappa shape index (κ3) is 3.54. The summed E-state index contributed by atoms with van der Waals surface area (Å²) in [5.41, 5.74) is 5.08. The molecule has 0 aliphatic carbocycles. The zero-order chi connectivity index (χ0) is 18.8. The smallest absolute Gasteiger partial charge is 0.325 e. The van der Waals surface area contributed by atoms with Gasteiger partial charge in [-0.05, 0) is 18.4 Å². The van der Waals surface area contributed by atoms with E-state index in [4.69, 9.17) is 0 Å². The van der Waals surface area contributed by atoms with E-state index < -0.39 is 18.2 Å². The van der Waals surface area contributed by atoms with Crippen LogP contribution in [-0.2, 0) is 4.79 Å². The summed E-state index contributed by atoms with van der Waals surface area (Å²) in [4.78, 5) is 32.1. The molecule has 2 aliphatic rings. The van der Waals surface area contributed by atoms with Crippen molar-refractivity contribution in [2.75, 3.05) is 13.6 Å². The van der Waals surface area contributed by atoms with Gasteiger partial charge in [0.15, 0.2) is 12.2 Å². The van der Waals surface area contributed by atoms with Crippen LogP contribution in [0.5, 0.6) is 0 Å². The van der Waals surface area contributed by atoms with Crippen molar-refractivity contribution in [2.45, 2.75) is 33.0 Å². The summed E-state index contributed by atoms with van der Waals surface area (Å²) >= 11 is 0. The molecular formula is C18H24N6O2. The van der Waals surface area contributed by atoms with Crippen LogP contribution < -0.4 is 10.7 Å². The average molecular weight is 356 g/mol. The molecule has 2 atom stereocenters.